The Morgan fingerprint density at radius 3 is 2.47 bits per heavy atom. The summed E-state index contributed by atoms with van der Waals surface area (Å²) in [7, 11) is 3.12. The van der Waals surface area contributed by atoms with Gasteiger partial charge in [0.15, 0.2) is 6.29 Å². The molecule has 0 bridgehead atoms. The van der Waals surface area contributed by atoms with Crippen LogP contribution in [-0.4, -0.2) is 33.1 Å². The maximum absolute atomic E-state index is 13.4. The number of benzene rings is 1. The zero-order chi connectivity index (χ0) is 12.7. The molecule has 0 heterocycles. The summed E-state index contributed by atoms with van der Waals surface area (Å²) in [5, 5.41) is 3.04. The number of methoxy groups -OCH3 is 2. The fourth-order valence-corrected chi connectivity index (χ4v) is 1.53. The third kappa shape index (κ3) is 4.30. The summed E-state index contributed by atoms with van der Waals surface area (Å²) >= 11 is 0. The molecule has 0 aromatic heterocycles. The largest absolute Gasteiger partial charge is 0.378 e. The highest BCUT2D eigenvalue weighted by Gasteiger charge is 2.15. The molecule has 1 atom stereocenters. The SMILES string of the molecule is COC(CC(CN)Nc1ccccc1F)OC. The van der Waals surface area contributed by atoms with Gasteiger partial charge >= 0.3 is 0 Å². The second-order valence-electron chi connectivity index (χ2n) is 3.69. The topological polar surface area (TPSA) is 56.5 Å². The maximum Gasteiger partial charge on any atom is 0.158 e. The van der Waals surface area contributed by atoms with Crippen molar-refractivity contribution in [1.82, 2.24) is 0 Å². The Bertz CT molecular complexity index is 332. The molecule has 0 aliphatic heterocycles. The first-order valence-electron chi connectivity index (χ1n) is 5.48. The predicted octanol–water partition coefficient (Wildman–Crippen LogP) is 1.57. The molecule has 0 spiro atoms. The summed E-state index contributed by atoms with van der Waals surface area (Å²) in [5.74, 6) is -0.294. The van der Waals surface area contributed by atoms with E-state index in [-0.39, 0.29) is 18.1 Å². The lowest BCUT2D eigenvalue weighted by Crippen LogP contribution is -2.34. The Hall–Kier alpha value is -1.17. The van der Waals surface area contributed by atoms with E-state index in [1.54, 1.807) is 32.4 Å². The normalized spacial score (nSPS) is 12.8. The van der Waals surface area contributed by atoms with Crippen LogP contribution >= 0.6 is 0 Å². The van der Waals surface area contributed by atoms with Gasteiger partial charge in [-0.3, -0.25) is 0 Å². The van der Waals surface area contributed by atoms with Crippen LogP contribution in [0.4, 0.5) is 10.1 Å². The first-order chi connectivity index (χ1) is 8.21. The van der Waals surface area contributed by atoms with E-state index in [0.717, 1.165) is 0 Å². The highest BCUT2D eigenvalue weighted by molar-refractivity contribution is 5.45. The van der Waals surface area contributed by atoms with E-state index in [1.165, 1.54) is 6.07 Å². The standard InChI is InChI=1S/C12H19FN2O2/c1-16-12(17-2)7-9(8-14)15-11-6-4-3-5-10(11)13/h3-6,9,12,15H,7-8,14H2,1-2H3. The Balaban J connectivity index is 2.61. The van der Waals surface area contributed by atoms with Crippen molar-refractivity contribution >= 4 is 5.69 Å². The van der Waals surface area contributed by atoms with Gasteiger partial charge in [0, 0.05) is 33.2 Å². The van der Waals surface area contributed by atoms with Crippen LogP contribution in [-0.2, 0) is 9.47 Å². The number of ether oxygens (including phenoxy) is 2. The Kier molecular flexibility index (Phi) is 5.90. The third-order valence-corrected chi connectivity index (χ3v) is 2.52. The van der Waals surface area contributed by atoms with E-state index in [0.29, 0.717) is 18.7 Å². The van der Waals surface area contributed by atoms with Crippen LogP contribution < -0.4 is 11.1 Å². The molecule has 0 saturated heterocycles. The summed E-state index contributed by atoms with van der Waals surface area (Å²) in [6.45, 7) is 0.373. The van der Waals surface area contributed by atoms with Crippen molar-refractivity contribution in [3.8, 4) is 0 Å². The van der Waals surface area contributed by atoms with Gasteiger partial charge < -0.3 is 20.5 Å². The van der Waals surface area contributed by atoms with Gasteiger partial charge in [-0.05, 0) is 12.1 Å². The number of nitrogens with two attached hydrogens (primary N) is 1. The summed E-state index contributed by atoms with van der Waals surface area (Å²) in [5.41, 5.74) is 6.07. The lowest BCUT2D eigenvalue weighted by molar-refractivity contribution is -0.107. The highest BCUT2D eigenvalue weighted by Crippen LogP contribution is 2.15. The second kappa shape index (κ2) is 7.21. The third-order valence-electron chi connectivity index (χ3n) is 2.52. The smallest absolute Gasteiger partial charge is 0.158 e. The zero-order valence-corrected chi connectivity index (χ0v) is 10.2. The molecule has 0 aliphatic rings. The number of hydrogen-bond acceptors (Lipinski definition) is 4. The molecule has 0 fully saturated rings. The Morgan fingerprint density at radius 1 is 1.29 bits per heavy atom. The van der Waals surface area contributed by atoms with Gasteiger partial charge in [-0.15, -0.1) is 0 Å². The molecule has 5 heteroatoms. The van der Waals surface area contributed by atoms with Crippen LogP contribution in [0.5, 0.6) is 0 Å². The van der Waals surface area contributed by atoms with E-state index in [9.17, 15) is 4.39 Å². The van der Waals surface area contributed by atoms with E-state index >= 15 is 0 Å². The zero-order valence-electron chi connectivity index (χ0n) is 10.2. The van der Waals surface area contributed by atoms with Gasteiger partial charge in [-0.2, -0.15) is 0 Å². The van der Waals surface area contributed by atoms with Gasteiger partial charge in [0.1, 0.15) is 5.82 Å². The van der Waals surface area contributed by atoms with E-state index in [1.807, 2.05) is 0 Å². The monoisotopic (exact) mass is 242 g/mol. The molecule has 1 unspecified atom stereocenters. The second-order valence-corrected chi connectivity index (χ2v) is 3.69. The number of hydrogen-bond donors (Lipinski definition) is 2. The molecular weight excluding hydrogens is 223 g/mol. The highest BCUT2D eigenvalue weighted by atomic mass is 19.1. The van der Waals surface area contributed by atoms with E-state index < -0.39 is 0 Å². The number of anilines is 1. The average Bonchev–Trinajstić information content (AvgIpc) is 2.36. The number of halogens is 1. The van der Waals surface area contributed by atoms with Crippen molar-refractivity contribution < 1.29 is 13.9 Å². The molecule has 1 rings (SSSR count). The fraction of sp³-hybridized carbons (Fsp3) is 0.500. The minimum absolute atomic E-state index is 0.100. The quantitative estimate of drug-likeness (QED) is 0.713. The lowest BCUT2D eigenvalue weighted by Gasteiger charge is -2.22. The van der Waals surface area contributed by atoms with Crippen LogP contribution in [0, 0.1) is 5.82 Å². The van der Waals surface area contributed by atoms with Crippen molar-refractivity contribution in [2.75, 3.05) is 26.1 Å². The van der Waals surface area contributed by atoms with Crippen LogP contribution in [0.15, 0.2) is 24.3 Å². The van der Waals surface area contributed by atoms with Gasteiger partial charge in [-0.1, -0.05) is 12.1 Å². The summed E-state index contributed by atoms with van der Waals surface area (Å²) in [6.07, 6.45) is 0.209. The number of nitrogens with one attached hydrogen (secondary N) is 1. The van der Waals surface area contributed by atoms with Gasteiger partial charge in [0.05, 0.1) is 5.69 Å². The molecule has 3 N–H and O–H groups in total. The molecule has 0 saturated carbocycles. The molecule has 4 nitrogen and oxygen atoms in total. The average molecular weight is 242 g/mol. The molecule has 0 amide bonds. The molecule has 17 heavy (non-hydrogen) atoms. The van der Waals surface area contributed by atoms with Crippen molar-refractivity contribution in [2.24, 2.45) is 5.73 Å². The van der Waals surface area contributed by atoms with Gasteiger partial charge in [0.25, 0.3) is 0 Å². The summed E-state index contributed by atoms with van der Waals surface area (Å²) in [4.78, 5) is 0. The van der Waals surface area contributed by atoms with Crippen LogP contribution in [0.2, 0.25) is 0 Å². The van der Waals surface area contributed by atoms with Crippen molar-refractivity contribution in [2.45, 2.75) is 18.8 Å². The minimum Gasteiger partial charge on any atom is -0.378 e. The van der Waals surface area contributed by atoms with E-state index in [4.69, 9.17) is 15.2 Å². The maximum atomic E-state index is 13.4. The Morgan fingerprint density at radius 2 is 1.94 bits per heavy atom. The van der Waals surface area contributed by atoms with Crippen molar-refractivity contribution in [3.05, 3.63) is 30.1 Å². The van der Waals surface area contributed by atoms with Gasteiger partial charge in [-0.25, -0.2) is 4.39 Å². The summed E-state index contributed by atoms with van der Waals surface area (Å²) in [6, 6.07) is 6.39. The fourth-order valence-electron chi connectivity index (χ4n) is 1.53. The lowest BCUT2D eigenvalue weighted by atomic mass is 10.2. The molecular formula is C12H19FN2O2. The number of para-hydroxylation sites is 1. The van der Waals surface area contributed by atoms with Crippen molar-refractivity contribution in [3.63, 3.8) is 0 Å². The van der Waals surface area contributed by atoms with Gasteiger partial charge in [0.2, 0.25) is 0 Å². The molecule has 1 aromatic carbocycles. The van der Waals surface area contributed by atoms with E-state index in [2.05, 4.69) is 5.32 Å². The Labute approximate surface area is 101 Å². The molecule has 96 valence electrons. The van der Waals surface area contributed by atoms with Crippen LogP contribution in [0.25, 0.3) is 0 Å². The molecule has 0 aliphatic carbocycles. The van der Waals surface area contributed by atoms with Crippen LogP contribution in [0.3, 0.4) is 0 Å². The minimum atomic E-state index is -0.345. The first-order valence-corrected chi connectivity index (χ1v) is 5.48. The molecule has 1 aromatic rings. The predicted molar refractivity (Wildman–Crippen MR) is 65.3 cm³/mol. The first kappa shape index (κ1) is 13.9. The molecule has 0 radical (unpaired) electrons. The van der Waals surface area contributed by atoms with Crippen molar-refractivity contribution in [1.29, 1.82) is 0 Å². The van der Waals surface area contributed by atoms with Crippen LogP contribution in [0.1, 0.15) is 6.42 Å². The summed E-state index contributed by atoms with van der Waals surface area (Å²) < 4.78 is 23.6. The number of rotatable bonds is 7.